The number of hydrogen-bond donors (Lipinski definition) is 3. The minimum Gasteiger partial charge on any atom is -0.354 e. The van der Waals surface area contributed by atoms with Gasteiger partial charge < -0.3 is 16.0 Å². The molecule has 0 saturated carbocycles. The molecule has 6 heteroatoms. The van der Waals surface area contributed by atoms with Crippen LogP contribution in [0.2, 0.25) is 0 Å². The molecule has 0 aliphatic rings. The largest absolute Gasteiger partial charge is 0.354 e. The van der Waals surface area contributed by atoms with Gasteiger partial charge in [0, 0.05) is 19.0 Å². The average Bonchev–Trinajstić information content (AvgIpc) is 2.66. The van der Waals surface area contributed by atoms with E-state index < -0.39 is 6.03 Å². The lowest BCUT2D eigenvalue weighted by Gasteiger charge is -2.22. The first-order valence-corrected chi connectivity index (χ1v) is 9.03. The predicted molar refractivity (Wildman–Crippen MR) is 104 cm³/mol. The molecule has 0 fully saturated rings. The van der Waals surface area contributed by atoms with Crippen molar-refractivity contribution in [1.29, 1.82) is 0 Å². The molecule has 144 valence electrons. The van der Waals surface area contributed by atoms with Crippen LogP contribution in [0.4, 0.5) is 9.18 Å². The van der Waals surface area contributed by atoms with Gasteiger partial charge in [0.05, 0.1) is 6.54 Å². The van der Waals surface area contributed by atoms with Gasteiger partial charge in [-0.15, -0.1) is 0 Å². The molecule has 2 aromatic carbocycles. The van der Waals surface area contributed by atoms with Crippen LogP contribution >= 0.6 is 0 Å². The summed E-state index contributed by atoms with van der Waals surface area (Å²) in [5, 5.41) is 8.03. The van der Waals surface area contributed by atoms with Crippen LogP contribution < -0.4 is 16.0 Å². The maximum absolute atomic E-state index is 12.8. The van der Waals surface area contributed by atoms with Crippen LogP contribution in [0.15, 0.2) is 54.6 Å². The van der Waals surface area contributed by atoms with Crippen molar-refractivity contribution in [2.24, 2.45) is 5.92 Å². The number of nitrogens with one attached hydrogen (secondary N) is 3. The quantitative estimate of drug-likeness (QED) is 0.667. The number of urea groups is 1. The SMILES string of the molecule is CC(C)C(CNC(=O)CNC(=O)NCc1ccc(F)cc1)c1ccccc1. The zero-order valence-corrected chi connectivity index (χ0v) is 15.7. The summed E-state index contributed by atoms with van der Waals surface area (Å²) in [4.78, 5) is 23.8. The lowest BCUT2D eigenvalue weighted by Crippen LogP contribution is -2.42. The Hall–Kier alpha value is -2.89. The number of halogens is 1. The minimum absolute atomic E-state index is 0.102. The van der Waals surface area contributed by atoms with E-state index in [-0.39, 0.29) is 30.7 Å². The molecular weight excluding hydrogens is 345 g/mol. The van der Waals surface area contributed by atoms with Crippen LogP contribution in [0.5, 0.6) is 0 Å². The van der Waals surface area contributed by atoms with Gasteiger partial charge in [-0.2, -0.15) is 0 Å². The molecule has 0 bridgehead atoms. The van der Waals surface area contributed by atoms with Gasteiger partial charge in [-0.1, -0.05) is 56.3 Å². The molecule has 0 aliphatic carbocycles. The zero-order chi connectivity index (χ0) is 19.6. The highest BCUT2D eigenvalue weighted by Crippen LogP contribution is 2.23. The lowest BCUT2D eigenvalue weighted by atomic mass is 9.88. The normalized spacial score (nSPS) is 11.7. The highest BCUT2D eigenvalue weighted by Gasteiger charge is 2.16. The summed E-state index contributed by atoms with van der Waals surface area (Å²) in [5.41, 5.74) is 1.96. The van der Waals surface area contributed by atoms with Crippen LogP contribution in [0, 0.1) is 11.7 Å². The lowest BCUT2D eigenvalue weighted by molar-refractivity contribution is -0.120. The topological polar surface area (TPSA) is 70.2 Å². The van der Waals surface area contributed by atoms with Crippen molar-refractivity contribution in [3.8, 4) is 0 Å². The van der Waals surface area contributed by atoms with Crippen molar-refractivity contribution in [3.05, 3.63) is 71.5 Å². The zero-order valence-electron chi connectivity index (χ0n) is 15.7. The summed E-state index contributed by atoms with van der Waals surface area (Å²) in [6, 6.07) is 15.5. The molecule has 3 N–H and O–H groups in total. The Morgan fingerprint density at radius 3 is 2.22 bits per heavy atom. The third-order valence-corrected chi connectivity index (χ3v) is 4.33. The molecule has 5 nitrogen and oxygen atoms in total. The van der Waals surface area contributed by atoms with E-state index in [2.05, 4.69) is 41.9 Å². The van der Waals surface area contributed by atoms with E-state index >= 15 is 0 Å². The third-order valence-electron chi connectivity index (χ3n) is 4.33. The van der Waals surface area contributed by atoms with Crippen molar-refractivity contribution >= 4 is 11.9 Å². The maximum Gasteiger partial charge on any atom is 0.315 e. The van der Waals surface area contributed by atoms with E-state index in [9.17, 15) is 14.0 Å². The van der Waals surface area contributed by atoms with Crippen LogP contribution in [-0.2, 0) is 11.3 Å². The third kappa shape index (κ3) is 7.09. The van der Waals surface area contributed by atoms with E-state index in [0.717, 1.165) is 5.56 Å². The van der Waals surface area contributed by atoms with Gasteiger partial charge in [0.15, 0.2) is 0 Å². The van der Waals surface area contributed by atoms with Gasteiger partial charge in [-0.05, 0) is 29.2 Å². The Labute approximate surface area is 159 Å². The summed E-state index contributed by atoms with van der Waals surface area (Å²) >= 11 is 0. The summed E-state index contributed by atoms with van der Waals surface area (Å²) < 4.78 is 12.8. The van der Waals surface area contributed by atoms with Gasteiger partial charge in [0.2, 0.25) is 5.91 Å². The van der Waals surface area contributed by atoms with Gasteiger partial charge >= 0.3 is 6.03 Å². The Morgan fingerprint density at radius 2 is 1.59 bits per heavy atom. The maximum atomic E-state index is 12.8. The standard InChI is InChI=1S/C21H26FN3O2/c1-15(2)19(17-6-4-3-5-7-17)13-23-20(26)14-25-21(27)24-12-16-8-10-18(22)11-9-16/h3-11,15,19H,12-14H2,1-2H3,(H,23,26)(H2,24,25,27). The molecular formula is C21H26FN3O2. The first kappa shape index (κ1) is 20.4. The summed E-state index contributed by atoms with van der Waals surface area (Å²) in [5.74, 6) is 0.0192. The Morgan fingerprint density at radius 1 is 0.926 bits per heavy atom. The van der Waals surface area contributed by atoms with E-state index in [1.54, 1.807) is 12.1 Å². The first-order chi connectivity index (χ1) is 13.0. The monoisotopic (exact) mass is 371 g/mol. The van der Waals surface area contributed by atoms with E-state index in [4.69, 9.17) is 0 Å². The highest BCUT2D eigenvalue weighted by molar-refractivity contribution is 5.83. The van der Waals surface area contributed by atoms with E-state index in [1.807, 2.05) is 18.2 Å². The second-order valence-electron chi connectivity index (χ2n) is 6.73. The van der Waals surface area contributed by atoms with Gasteiger partial charge in [0.1, 0.15) is 5.82 Å². The van der Waals surface area contributed by atoms with Crippen LogP contribution in [0.1, 0.15) is 30.9 Å². The Balaban J connectivity index is 1.71. The second-order valence-corrected chi connectivity index (χ2v) is 6.73. The molecule has 0 saturated heterocycles. The number of carbonyl (C=O) groups excluding carboxylic acids is 2. The number of amides is 3. The number of carbonyl (C=O) groups is 2. The Bertz CT molecular complexity index is 733. The molecule has 0 aromatic heterocycles. The minimum atomic E-state index is -0.446. The summed E-state index contributed by atoms with van der Waals surface area (Å²) in [6.45, 7) is 4.90. The van der Waals surface area contributed by atoms with Gasteiger partial charge in [-0.25, -0.2) is 9.18 Å². The molecule has 27 heavy (non-hydrogen) atoms. The predicted octanol–water partition coefficient (Wildman–Crippen LogP) is 3.18. The van der Waals surface area contributed by atoms with Crippen molar-refractivity contribution in [2.45, 2.75) is 26.3 Å². The Kier molecular flexibility index (Phi) is 7.79. The van der Waals surface area contributed by atoms with Crippen LogP contribution in [0.25, 0.3) is 0 Å². The van der Waals surface area contributed by atoms with Crippen molar-refractivity contribution in [1.82, 2.24) is 16.0 Å². The fourth-order valence-electron chi connectivity index (χ4n) is 2.73. The first-order valence-electron chi connectivity index (χ1n) is 9.03. The summed E-state index contributed by atoms with van der Waals surface area (Å²) in [6.07, 6.45) is 0. The molecule has 0 aliphatic heterocycles. The average molecular weight is 371 g/mol. The molecule has 1 unspecified atom stereocenters. The second kappa shape index (κ2) is 10.3. The smallest absolute Gasteiger partial charge is 0.315 e. The van der Waals surface area contributed by atoms with Crippen molar-refractivity contribution in [2.75, 3.05) is 13.1 Å². The summed E-state index contributed by atoms with van der Waals surface area (Å²) in [7, 11) is 0. The van der Waals surface area contributed by atoms with E-state index in [1.165, 1.54) is 17.7 Å². The molecule has 0 heterocycles. The molecule has 0 spiro atoms. The molecule has 0 radical (unpaired) electrons. The van der Waals surface area contributed by atoms with E-state index in [0.29, 0.717) is 12.5 Å². The van der Waals surface area contributed by atoms with Crippen LogP contribution in [0.3, 0.4) is 0 Å². The van der Waals surface area contributed by atoms with Crippen molar-refractivity contribution < 1.29 is 14.0 Å². The molecule has 3 amide bonds. The van der Waals surface area contributed by atoms with Gasteiger partial charge in [0.25, 0.3) is 0 Å². The van der Waals surface area contributed by atoms with Crippen LogP contribution in [-0.4, -0.2) is 25.0 Å². The number of rotatable bonds is 8. The molecule has 2 aromatic rings. The van der Waals surface area contributed by atoms with Crippen molar-refractivity contribution in [3.63, 3.8) is 0 Å². The fourth-order valence-corrected chi connectivity index (χ4v) is 2.73. The molecule has 2 rings (SSSR count). The number of hydrogen-bond acceptors (Lipinski definition) is 2. The molecule has 1 atom stereocenters. The number of benzene rings is 2. The fraction of sp³-hybridized carbons (Fsp3) is 0.333. The highest BCUT2D eigenvalue weighted by atomic mass is 19.1. The van der Waals surface area contributed by atoms with Gasteiger partial charge in [-0.3, -0.25) is 4.79 Å².